The normalized spacial score (nSPS) is 20.3. The molecule has 0 spiro atoms. The van der Waals surface area contributed by atoms with E-state index in [1.165, 1.54) is 11.3 Å². The molecule has 1 aromatic rings. The number of carbonyl (C=O) groups excluding carboxylic acids is 1. The maximum Gasteiger partial charge on any atom is 0.223 e. The second kappa shape index (κ2) is 7.35. The number of hydrogen-bond donors (Lipinski definition) is 1. The van der Waals surface area contributed by atoms with Crippen LogP contribution in [-0.2, 0) is 4.79 Å². The minimum atomic E-state index is 0.266. The molecule has 1 N–H and O–H groups in total. The van der Waals surface area contributed by atoms with Crippen LogP contribution in [0.4, 0.5) is 5.69 Å². The van der Waals surface area contributed by atoms with Gasteiger partial charge in [0.15, 0.2) is 0 Å². The Labute approximate surface area is 139 Å². The van der Waals surface area contributed by atoms with Crippen LogP contribution in [0.3, 0.4) is 0 Å². The molecule has 1 aromatic carbocycles. The Morgan fingerprint density at radius 3 is 2.65 bits per heavy atom. The fourth-order valence-electron chi connectivity index (χ4n) is 3.21. The van der Waals surface area contributed by atoms with Crippen molar-refractivity contribution in [1.29, 1.82) is 0 Å². The van der Waals surface area contributed by atoms with Gasteiger partial charge in [-0.1, -0.05) is 12.1 Å². The molecule has 23 heavy (non-hydrogen) atoms. The zero-order chi connectivity index (χ0) is 16.2. The molecule has 1 aliphatic heterocycles. The molecular weight excluding hydrogens is 286 g/mol. The Morgan fingerprint density at radius 2 is 2.00 bits per heavy atom. The molecule has 0 bridgehead atoms. The number of rotatable bonds is 6. The highest BCUT2D eigenvalue weighted by atomic mass is 16.2. The Balaban J connectivity index is 1.38. The second-order valence-corrected chi connectivity index (χ2v) is 7.14. The van der Waals surface area contributed by atoms with E-state index in [1.807, 2.05) is 0 Å². The standard InChI is InChI=1S/C19H29N3O/c1-15-4-3-5-18(14-15)22-12-10-21(11-13-22)9-8-16(2)20-19(23)17-6-7-17/h3-5,14,16-17H,6-13H2,1-2H3,(H,20,23). The highest BCUT2D eigenvalue weighted by Crippen LogP contribution is 2.29. The van der Waals surface area contributed by atoms with Crippen LogP contribution in [0.5, 0.6) is 0 Å². The van der Waals surface area contributed by atoms with Crippen molar-refractivity contribution in [2.45, 2.75) is 39.2 Å². The molecule has 4 heteroatoms. The first-order chi connectivity index (χ1) is 11.1. The van der Waals surface area contributed by atoms with E-state index in [1.54, 1.807) is 0 Å². The summed E-state index contributed by atoms with van der Waals surface area (Å²) in [5, 5.41) is 3.15. The molecule has 1 saturated heterocycles. The number of aryl methyl sites for hydroxylation is 1. The number of piperazine rings is 1. The van der Waals surface area contributed by atoms with Crippen LogP contribution in [0.2, 0.25) is 0 Å². The predicted molar refractivity (Wildman–Crippen MR) is 94.8 cm³/mol. The minimum absolute atomic E-state index is 0.266. The van der Waals surface area contributed by atoms with Gasteiger partial charge in [-0.15, -0.1) is 0 Å². The number of amides is 1. The van der Waals surface area contributed by atoms with Crippen LogP contribution >= 0.6 is 0 Å². The van der Waals surface area contributed by atoms with E-state index in [0.29, 0.717) is 5.92 Å². The average molecular weight is 315 g/mol. The first-order valence-electron chi connectivity index (χ1n) is 8.96. The molecule has 2 aliphatic rings. The van der Waals surface area contributed by atoms with Gasteiger partial charge in [0, 0.05) is 50.4 Å². The summed E-state index contributed by atoms with van der Waals surface area (Å²) in [4.78, 5) is 16.8. The molecule has 1 heterocycles. The average Bonchev–Trinajstić information content (AvgIpc) is 3.38. The zero-order valence-corrected chi connectivity index (χ0v) is 14.4. The van der Waals surface area contributed by atoms with E-state index in [-0.39, 0.29) is 11.9 Å². The van der Waals surface area contributed by atoms with Crippen LogP contribution in [-0.4, -0.2) is 49.6 Å². The Hall–Kier alpha value is -1.55. The number of nitrogens with zero attached hydrogens (tertiary/aromatic N) is 2. The van der Waals surface area contributed by atoms with Crippen LogP contribution in [0, 0.1) is 12.8 Å². The molecule has 1 unspecified atom stereocenters. The van der Waals surface area contributed by atoms with Gasteiger partial charge in [0.05, 0.1) is 0 Å². The van der Waals surface area contributed by atoms with Crippen molar-refractivity contribution in [2.75, 3.05) is 37.6 Å². The van der Waals surface area contributed by atoms with Crippen molar-refractivity contribution in [1.82, 2.24) is 10.2 Å². The number of hydrogen-bond acceptors (Lipinski definition) is 3. The lowest BCUT2D eigenvalue weighted by Crippen LogP contribution is -2.47. The molecule has 3 rings (SSSR count). The Kier molecular flexibility index (Phi) is 5.21. The molecule has 1 atom stereocenters. The largest absolute Gasteiger partial charge is 0.369 e. The topological polar surface area (TPSA) is 35.6 Å². The monoisotopic (exact) mass is 315 g/mol. The maximum absolute atomic E-state index is 11.8. The summed E-state index contributed by atoms with van der Waals surface area (Å²) in [5.74, 6) is 0.581. The Morgan fingerprint density at radius 1 is 1.26 bits per heavy atom. The van der Waals surface area contributed by atoms with E-state index in [2.05, 4.69) is 53.2 Å². The third-order valence-electron chi connectivity index (χ3n) is 4.95. The van der Waals surface area contributed by atoms with Crippen molar-refractivity contribution >= 4 is 11.6 Å². The van der Waals surface area contributed by atoms with Gasteiger partial charge in [-0.25, -0.2) is 0 Å². The molecule has 0 aromatic heterocycles. The van der Waals surface area contributed by atoms with Crippen LogP contribution < -0.4 is 10.2 Å². The van der Waals surface area contributed by atoms with Crippen LogP contribution in [0.1, 0.15) is 31.7 Å². The van der Waals surface area contributed by atoms with Gasteiger partial charge in [-0.05, 0) is 50.8 Å². The summed E-state index contributed by atoms with van der Waals surface area (Å²) >= 11 is 0. The predicted octanol–water partition coefficient (Wildman–Crippen LogP) is 2.42. The second-order valence-electron chi connectivity index (χ2n) is 7.14. The third kappa shape index (κ3) is 4.71. The van der Waals surface area contributed by atoms with Gasteiger partial charge in [0.1, 0.15) is 0 Å². The van der Waals surface area contributed by atoms with Gasteiger partial charge in [0.25, 0.3) is 0 Å². The van der Waals surface area contributed by atoms with Crippen LogP contribution in [0.25, 0.3) is 0 Å². The smallest absolute Gasteiger partial charge is 0.223 e. The minimum Gasteiger partial charge on any atom is -0.369 e. The summed E-state index contributed by atoms with van der Waals surface area (Å²) in [6.45, 7) is 9.75. The van der Waals surface area contributed by atoms with Gasteiger partial charge < -0.3 is 10.2 Å². The first-order valence-corrected chi connectivity index (χ1v) is 8.96. The number of nitrogens with one attached hydrogen (secondary N) is 1. The lowest BCUT2D eigenvalue weighted by molar-refractivity contribution is -0.122. The zero-order valence-electron chi connectivity index (χ0n) is 14.4. The van der Waals surface area contributed by atoms with E-state index < -0.39 is 0 Å². The summed E-state index contributed by atoms with van der Waals surface area (Å²) in [7, 11) is 0. The molecule has 126 valence electrons. The van der Waals surface area contributed by atoms with Gasteiger partial charge in [-0.2, -0.15) is 0 Å². The fourth-order valence-corrected chi connectivity index (χ4v) is 3.21. The third-order valence-corrected chi connectivity index (χ3v) is 4.95. The highest BCUT2D eigenvalue weighted by molar-refractivity contribution is 5.81. The lowest BCUT2D eigenvalue weighted by atomic mass is 10.1. The van der Waals surface area contributed by atoms with Crippen molar-refractivity contribution < 1.29 is 4.79 Å². The molecule has 1 aliphatic carbocycles. The molecule has 1 amide bonds. The molecular formula is C19H29N3O. The van der Waals surface area contributed by atoms with Crippen molar-refractivity contribution in [3.63, 3.8) is 0 Å². The van der Waals surface area contributed by atoms with Crippen molar-refractivity contribution in [3.8, 4) is 0 Å². The molecule has 0 radical (unpaired) electrons. The fraction of sp³-hybridized carbons (Fsp3) is 0.632. The maximum atomic E-state index is 11.8. The summed E-state index contributed by atoms with van der Waals surface area (Å²) in [6, 6.07) is 9.06. The van der Waals surface area contributed by atoms with E-state index in [0.717, 1.165) is 52.0 Å². The van der Waals surface area contributed by atoms with Gasteiger partial charge in [0.2, 0.25) is 5.91 Å². The quantitative estimate of drug-likeness (QED) is 0.876. The van der Waals surface area contributed by atoms with Crippen molar-refractivity contribution in [2.24, 2.45) is 5.92 Å². The summed E-state index contributed by atoms with van der Waals surface area (Å²) in [6.07, 6.45) is 3.21. The number of anilines is 1. The first kappa shape index (κ1) is 16.3. The van der Waals surface area contributed by atoms with Crippen LogP contribution in [0.15, 0.2) is 24.3 Å². The van der Waals surface area contributed by atoms with Gasteiger partial charge >= 0.3 is 0 Å². The van der Waals surface area contributed by atoms with Gasteiger partial charge in [-0.3, -0.25) is 9.69 Å². The molecule has 2 fully saturated rings. The van der Waals surface area contributed by atoms with E-state index in [9.17, 15) is 4.79 Å². The summed E-state index contributed by atoms with van der Waals surface area (Å²) in [5.41, 5.74) is 2.67. The molecule has 4 nitrogen and oxygen atoms in total. The van der Waals surface area contributed by atoms with E-state index >= 15 is 0 Å². The SMILES string of the molecule is Cc1cccc(N2CCN(CCC(C)NC(=O)C3CC3)CC2)c1. The number of carbonyl (C=O) groups is 1. The number of benzene rings is 1. The molecule has 1 saturated carbocycles. The van der Waals surface area contributed by atoms with E-state index in [4.69, 9.17) is 0 Å². The van der Waals surface area contributed by atoms with Crippen molar-refractivity contribution in [3.05, 3.63) is 29.8 Å². The lowest BCUT2D eigenvalue weighted by Gasteiger charge is -2.36. The summed E-state index contributed by atoms with van der Waals surface area (Å²) < 4.78 is 0. The Bertz CT molecular complexity index is 533. The highest BCUT2D eigenvalue weighted by Gasteiger charge is 2.30.